The van der Waals surface area contributed by atoms with Gasteiger partial charge in [0.1, 0.15) is 5.78 Å². The number of carbonyl (C=O) groups excluding carboxylic acids is 1. The van der Waals surface area contributed by atoms with Gasteiger partial charge in [0.05, 0.1) is 11.6 Å². The summed E-state index contributed by atoms with van der Waals surface area (Å²) in [5.41, 5.74) is 1.60. The van der Waals surface area contributed by atoms with Crippen molar-refractivity contribution in [2.75, 3.05) is 0 Å². The molecule has 2 heteroatoms. The van der Waals surface area contributed by atoms with Crippen molar-refractivity contribution >= 4 is 5.78 Å². The molecule has 0 spiro atoms. The number of carbonyl (C=O) groups is 1. The van der Waals surface area contributed by atoms with Crippen molar-refractivity contribution in [2.24, 2.45) is 11.8 Å². The minimum atomic E-state index is -0.0849. The molecule has 0 heterocycles. The Morgan fingerprint density at radius 2 is 1.94 bits per heavy atom. The molecule has 0 bridgehead atoms. The first kappa shape index (κ1) is 14.4. The van der Waals surface area contributed by atoms with Crippen LogP contribution >= 0.6 is 0 Å². The molecule has 0 N–H and O–H groups in total. The highest BCUT2D eigenvalue weighted by atomic mass is 16.1. The highest BCUT2D eigenvalue weighted by Crippen LogP contribution is 2.28. The van der Waals surface area contributed by atoms with Gasteiger partial charge in [0, 0.05) is 11.8 Å². The SMILES string of the molecule is CC(C)C[C@@H](C(=O)C(C)C)c1cccc(C#N)c1. The summed E-state index contributed by atoms with van der Waals surface area (Å²) in [5.74, 6) is 0.667. The second-order valence-electron chi connectivity index (χ2n) is 5.48. The zero-order valence-electron chi connectivity index (χ0n) is 11.6. The largest absolute Gasteiger partial charge is 0.299 e. The molecule has 1 rings (SSSR count). The molecule has 18 heavy (non-hydrogen) atoms. The lowest BCUT2D eigenvalue weighted by Crippen LogP contribution is -2.20. The van der Waals surface area contributed by atoms with Gasteiger partial charge in [-0.25, -0.2) is 0 Å². The van der Waals surface area contributed by atoms with E-state index in [0.29, 0.717) is 11.5 Å². The maximum Gasteiger partial charge on any atom is 0.142 e. The number of nitrogens with zero attached hydrogens (tertiary/aromatic N) is 1. The maximum atomic E-state index is 12.3. The third-order valence-electron chi connectivity index (χ3n) is 3.04. The van der Waals surface area contributed by atoms with Crippen LogP contribution in [-0.2, 0) is 4.79 Å². The van der Waals surface area contributed by atoms with E-state index in [4.69, 9.17) is 5.26 Å². The first-order valence-corrected chi connectivity index (χ1v) is 6.49. The minimum Gasteiger partial charge on any atom is -0.299 e. The zero-order chi connectivity index (χ0) is 13.7. The van der Waals surface area contributed by atoms with Gasteiger partial charge in [-0.1, -0.05) is 39.8 Å². The van der Waals surface area contributed by atoms with Crippen molar-refractivity contribution in [1.82, 2.24) is 0 Å². The van der Waals surface area contributed by atoms with E-state index >= 15 is 0 Å². The Morgan fingerprint density at radius 3 is 2.44 bits per heavy atom. The molecule has 0 aliphatic heterocycles. The van der Waals surface area contributed by atoms with Gasteiger partial charge >= 0.3 is 0 Å². The lowest BCUT2D eigenvalue weighted by Gasteiger charge is -2.20. The van der Waals surface area contributed by atoms with E-state index in [1.807, 2.05) is 32.0 Å². The molecule has 0 unspecified atom stereocenters. The summed E-state index contributed by atoms with van der Waals surface area (Å²) < 4.78 is 0. The Bertz CT molecular complexity index is 454. The zero-order valence-corrected chi connectivity index (χ0v) is 11.6. The molecule has 1 atom stereocenters. The molecule has 0 saturated carbocycles. The van der Waals surface area contributed by atoms with E-state index in [9.17, 15) is 4.79 Å². The van der Waals surface area contributed by atoms with E-state index < -0.39 is 0 Å². The molecule has 1 aromatic rings. The lowest BCUT2D eigenvalue weighted by molar-refractivity contribution is -0.123. The Morgan fingerprint density at radius 1 is 1.28 bits per heavy atom. The molecule has 0 amide bonds. The van der Waals surface area contributed by atoms with Gasteiger partial charge in [0.15, 0.2) is 0 Å². The summed E-state index contributed by atoms with van der Waals surface area (Å²) >= 11 is 0. The number of nitriles is 1. The van der Waals surface area contributed by atoms with Crippen LogP contribution in [0.3, 0.4) is 0 Å². The van der Waals surface area contributed by atoms with Crippen LogP contribution < -0.4 is 0 Å². The van der Waals surface area contributed by atoms with Crippen LogP contribution in [0.1, 0.15) is 51.2 Å². The van der Waals surface area contributed by atoms with E-state index in [1.54, 1.807) is 6.07 Å². The van der Waals surface area contributed by atoms with Gasteiger partial charge in [-0.3, -0.25) is 4.79 Å². The summed E-state index contributed by atoms with van der Waals surface area (Å²) in [6.07, 6.45) is 0.839. The molecule has 1 aromatic carbocycles. The molecule has 0 saturated heterocycles. The number of benzene rings is 1. The predicted molar refractivity (Wildman–Crippen MR) is 73.2 cm³/mol. The van der Waals surface area contributed by atoms with Gasteiger partial charge in [0.25, 0.3) is 0 Å². The smallest absolute Gasteiger partial charge is 0.142 e. The summed E-state index contributed by atoms with van der Waals surface area (Å²) in [5, 5.41) is 8.94. The molecule has 0 aromatic heterocycles. The lowest BCUT2D eigenvalue weighted by atomic mass is 9.82. The average Bonchev–Trinajstić information content (AvgIpc) is 2.34. The fourth-order valence-corrected chi connectivity index (χ4v) is 2.12. The highest BCUT2D eigenvalue weighted by molar-refractivity contribution is 5.87. The number of hydrogen-bond acceptors (Lipinski definition) is 2. The van der Waals surface area contributed by atoms with Crippen molar-refractivity contribution in [3.8, 4) is 6.07 Å². The van der Waals surface area contributed by atoms with Crippen LogP contribution in [0.5, 0.6) is 0 Å². The molecule has 0 radical (unpaired) electrons. The molecule has 0 aliphatic rings. The fraction of sp³-hybridized carbons (Fsp3) is 0.500. The van der Waals surface area contributed by atoms with Crippen LogP contribution in [0.25, 0.3) is 0 Å². The van der Waals surface area contributed by atoms with E-state index in [2.05, 4.69) is 19.9 Å². The molecule has 96 valence electrons. The van der Waals surface area contributed by atoms with Crippen LogP contribution in [0.4, 0.5) is 0 Å². The van der Waals surface area contributed by atoms with Crippen molar-refractivity contribution < 1.29 is 4.79 Å². The van der Waals surface area contributed by atoms with E-state index in [1.165, 1.54) is 0 Å². The van der Waals surface area contributed by atoms with Crippen molar-refractivity contribution in [3.05, 3.63) is 35.4 Å². The number of rotatable bonds is 5. The first-order chi connectivity index (χ1) is 8.45. The second-order valence-corrected chi connectivity index (χ2v) is 5.48. The monoisotopic (exact) mass is 243 g/mol. The van der Waals surface area contributed by atoms with E-state index in [-0.39, 0.29) is 17.6 Å². The van der Waals surface area contributed by atoms with Crippen molar-refractivity contribution in [2.45, 2.75) is 40.0 Å². The minimum absolute atomic E-state index is 0.0273. The normalized spacial score (nSPS) is 12.5. The standard InChI is InChI=1S/C16H21NO/c1-11(2)8-15(16(18)12(3)4)14-7-5-6-13(9-14)10-17/h5-7,9,11-12,15H,8H2,1-4H3/t15-/m1/s1. The van der Waals surface area contributed by atoms with Gasteiger partial charge in [0.2, 0.25) is 0 Å². The highest BCUT2D eigenvalue weighted by Gasteiger charge is 2.24. The quantitative estimate of drug-likeness (QED) is 0.786. The molecular formula is C16H21NO. The summed E-state index contributed by atoms with van der Waals surface area (Å²) in [6.45, 7) is 8.11. The van der Waals surface area contributed by atoms with Gasteiger partial charge in [-0.05, 0) is 30.0 Å². The summed E-state index contributed by atoms with van der Waals surface area (Å²) in [4.78, 5) is 12.3. The van der Waals surface area contributed by atoms with E-state index in [0.717, 1.165) is 12.0 Å². The summed E-state index contributed by atoms with van der Waals surface area (Å²) in [7, 11) is 0. The molecule has 0 aliphatic carbocycles. The Balaban J connectivity index is 3.09. The third-order valence-corrected chi connectivity index (χ3v) is 3.04. The average molecular weight is 243 g/mol. The van der Waals surface area contributed by atoms with Crippen LogP contribution in [0.2, 0.25) is 0 Å². The second kappa shape index (κ2) is 6.35. The van der Waals surface area contributed by atoms with Gasteiger partial charge in [-0.15, -0.1) is 0 Å². The number of Topliss-reactive ketones (excluding diaryl/α,β-unsaturated/α-hetero) is 1. The van der Waals surface area contributed by atoms with Crippen LogP contribution in [0, 0.1) is 23.2 Å². The topological polar surface area (TPSA) is 40.9 Å². The number of hydrogen-bond donors (Lipinski definition) is 0. The van der Waals surface area contributed by atoms with Crippen molar-refractivity contribution in [3.63, 3.8) is 0 Å². The fourth-order valence-electron chi connectivity index (χ4n) is 2.12. The third kappa shape index (κ3) is 3.70. The maximum absolute atomic E-state index is 12.3. The molecule has 2 nitrogen and oxygen atoms in total. The Labute approximate surface area is 110 Å². The first-order valence-electron chi connectivity index (χ1n) is 6.49. The molecule has 0 fully saturated rings. The van der Waals surface area contributed by atoms with Crippen molar-refractivity contribution in [1.29, 1.82) is 5.26 Å². The summed E-state index contributed by atoms with van der Waals surface area (Å²) in [6, 6.07) is 9.56. The van der Waals surface area contributed by atoms with Gasteiger partial charge < -0.3 is 0 Å². The predicted octanol–water partition coefficient (Wildman–Crippen LogP) is 3.91. The Kier molecular flexibility index (Phi) is 5.09. The van der Waals surface area contributed by atoms with Crippen LogP contribution in [-0.4, -0.2) is 5.78 Å². The molecular weight excluding hydrogens is 222 g/mol. The van der Waals surface area contributed by atoms with Gasteiger partial charge in [-0.2, -0.15) is 5.26 Å². The van der Waals surface area contributed by atoms with Crippen LogP contribution in [0.15, 0.2) is 24.3 Å². The Hall–Kier alpha value is -1.62. The number of ketones is 1.